The van der Waals surface area contributed by atoms with Crippen LogP contribution in [0.4, 0.5) is 22.2 Å². The molecule has 7 heterocycles. The Labute approximate surface area is 328 Å². The van der Waals surface area contributed by atoms with E-state index in [4.69, 9.17) is 10.1 Å². The van der Waals surface area contributed by atoms with Gasteiger partial charge in [0.1, 0.15) is 11.6 Å². The number of pyridine rings is 1. The number of rotatable bonds is 11. The lowest BCUT2D eigenvalue weighted by molar-refractivity contribution is -0.123. The van der Waals surface area contributed by atoms with Crippen LogP contribution in [-0.2, 0) is 27.9 Å². The van der Waals surface area contributed by atoms with Crippen LogP contribution in [-0.4, -0.2) is 113 Å². The maximum Gasteiger partial charge on any atom is 0.342 e. The number of imide groups is 1. The van der Waals surface area contributed by atoms with Crippen molar-refractivity contribution < 1.29 is 22.8 Å². The second-order valence-corrected chi connectivity index (χ2v) is 17.5. The molecular weight excluding hydrogens is 751 g/mol. The molecule has 0 bridgehead atoms. The number of piperidine rings is 1. The van der Waals surface area contributed by atoms with Gasteiger partial charge in [0.15, 0.2) is 11.6 Å². The molecule has 3 aliphatic heterocycles. The number of hydrogen-bond acceptors (Lipinski definition) is 13. The number of amides is 4. The minimum Gasteiger partial charge on any atom is -0.354 e. The van der Waals surface area contributed by atoms with E-state index in [9.17, 15) is 22.8 Å². The lowest BCUT2D eigenvalue weighted by Crippen LogP contribution is -2.56. The van der Waals surface area contributed by atoms with E-state index in [2.05, 4.69) is 62.5 Å². The molecule has 0 atom stereocenters. The molecule has 19 heteroatoms. The lowest BCUT2D eigenvalue weighted by Gasteiger charge is -2.37. The molecule has 1 aromatic carbocycles. The average molecular weight is 794 g/mol. The predicted molar refractivity (Wildman–Crippen MR) is 210 cm³/mol. The van der Waals surface area contributed by atoms with E-state index in [1.54, 1.807) is 12.3 Å². The highest BCUT2D eigenvalue weighted by Crippen LogP contribution is 2.34. The summed E-state index contributed by atoms with van der Waals surface area (Å²) in [4.78, 5) is 55.5. The van der Waals surface area contributed by atoms with E-state index in [0.717, 1.165) is 64.4 Å². The highest BCUT2D eigenvalue weighted by molar-refractivity contribution is 7.90. The minimum atomic E-state index is -3.49. The van der Waals surface area contributed by atoms with Crippen LogP contribution in [0.2, 0.25) is 0 Å². The van der Waals surface area contributed by atoms with E-state index in [1.165, 1.54) is 22.4 Å². The van der Waals surface area contributed by atoms with Crippen LogP contribution in [0.15, 0.2) is 55.1 Å². The molecule has 1 aliphatic carbocycles. The normalized spacial score (nSPS) is 18.0. The Morgan fingerprint density at radius 2 is 1.77 bits per heavy atom. The first-order valence-electron chi connectivity index (χ1n) is 19.2. The molecular formula is C38H43N13O5S. The highest BCUT2D eigenvalue weighted by atomic mass is 32.2. The highest BCUT2D eigenvalue weighted by Gasteiger charge is 2.39. The standard InChI is InChI=1S/C38H43N13O5S/c1-23(2)51-31-17-33(42-32-8-12-39-35(43-32)26-18-41-50(22-26)57(55,56)28-5-6-28)40-19-30(31)36(45-51)47-13-9-27(10-14-47)46(3)20-24-4-7-29-25(16-24)21-49(37(29)53)48-15-11-34(52)44-38(48)54/h4,7-8,12,16-19,22-23,27-28H,5-6,9-11,13-15,20-21H2,1-3H3,(H,44,52,54)(H,39,40,42,43). The number of hydrogen-bond donors (Lipinski definition) is 2. The first kappa shape index (κ1) is 36.7. The molecule has 296 valence electrons. The van der Waals surface area contributed by atoms with Crippen molar-refractivity contribution in [1.82, 2.24) is 54.2 Å². The molecule has 4 aromatic heterocycles. The maximum absolute atomic E-state index is 13.1. The van der Waals surface area contributed by atoms with Crippen molar-refractivity contribution in [2.24, 2.45) is 0 Å². The number of hydrazine groups is 1. The number of fused-ring (bicyclic) bond motifs is 2. The molecule has 0 unspecified atom stereocenters. The maximum atomic E-state index is 13.1. The molecule has 5 aromatic rings. The van der Waals surface area contributed by atoms with E-state index in [-0.39, 0.29) is 36.1 Å². The van der Waals surface area contributed by atoms with E-state index in [1.807, 2.05) is 29.1 Å². The molecule has 0 radical (unpaired) electrons. The Bertz CT molecular complexity index is 2520. The van der Waals surface area contributed by atoms with Crippen molar-refractivity contribution in [3.05, 3.63) is 71.8 Å². The van der Waals surface area contributed by atoms with Crippen LogP contribution in [0.1, 0.15) is 73.5 Å². The van der Waals surface area contributed by atoms with E-state index >= 15 is 0 Å². The summed E-state index contributed by atoms with van der Waals surface area (Å²) in [7, 11) is -1.36. The second kappa shape index (κ2) is 14.2. The number of urea groups is 1. The van der Waals surface area contributed by atoms with Gasteiger partial charge in [0.05, 0.1) is 47.2 Å². The number of carbonyl (C=O) groups excluding carboxylic acids is 3. The van der Waals surface area contributed by atoms with Gasteiger partial charge >= 0.3 is 6.03 Å². The van der Waals surface area contributed by atoms with Gasteiger partial charge in [-0.3, -0.25) is 24.5 Å². The van der Waals surface area contributed by atoms with E-state index < -0.39 is 16.1 Å². The molecule has 1 saturated carbocycles. The van der Waals surface area contributed by atoms with E-state index in [0.29, 0.717) is 54.0 Å². The SMILES string of the molecule is CC(C)n1nc(N2CCC(N(C)Cc3ccc4c(c3)CN(N3CCC(=O)NC3=O)C4=O)CC2)c2cnc(Nc3ccnc(-c4cnn(S(=O)(=O)C5CC5)c4)n3)cc21. The molecule has 4 amide bonds. The molecule has 9 rings (SSSR count). The molecule has 57 heavy (non-hydrogen) atoms. The Morgan fingerprint density at radius 3 is 2.53 bits per heavy atom. The number of benzene rings is 1. The third-order valence-corrected chi connectivity index (χ3v) is 13.1. The number of carbonyl (C=O) groups is 3. The van der Waals surface area contributed by atoms with Gasteiger partial charge in [-0.1, -0.05) is 12.1 Å². The van der Waals surface area contributed by atoms with Gasteiger partial charge in [0.25, 0.3) is 15.9 Å². The molecule has 2 saturated heterocycles. The lowest BCUT2D eigenvalue weighted by atomic mass is 10.0. The molecule has 2 N–H and O–H groups in total. The van der Waals surface area contributed by atoms with Crippen molar-refractivity contribution in [2.75, 3.05) is 36.9 Å². The Kier molecular flexibility index (Phi) is 9.14. The summed E-state index contributed by atoms with van der Waals surface area (Å²) >= 11 is 0. The van der Waals surface area contributed by atoms with Crippen LogP contribution in [0, 0.1) is 0 Å². The van der Waals surface area contributed by atoms with Crippen molar-refractivity contribution in [3.8, 4) is 11.4 Å². The summed E-state index contributed by atoms with van der Waals surface area (Å²) in [5, 5.41) is 18.1. The molecule has 18 nitrogen and oxygen atoms in total. The zero-order valence-electron chi connectivity index (χ0n) is 31.9. The molecule has 3 fully saturated rings. The smallest absolute Gasteiger partial charge is 0.342 e. The number of nitrogens with one attached hydrogen (secondary N) is 2. The van der Waals surface area contributed by atoms with Crippen molar-refractivity contribution in [3.63, 3.8) is 0 Å². The van der Waals surface area contributed by atoms with Gasteiger partial charge in [-0.05, 0) is 69.8 Å². The van der Waals surface area contributed by atoms with Crippen LogP contribution in [0.25, 0.3) is 22.3 Å². The number of aromatic nitrogens is 7. The Hall–Kier alpha value is -5.95. The fourth-order valence-corrected chi connectivity index (χ4v) is 9.34. The average Bonchev–Trinajstić information content (AvgIpc) is 3.69. The van der Waals surface area contributed by atoms with Gasteiger partial charge in [0, 0.05) is 62.2 Å². The second-order valence-electron chi connectivity index (χ2n) is 15.4. The predicted octanol–water partition coefficient (Wildman–Crippen LogP) is 3.66. The van der Waals surface area contributed by atoms with Gasteiger partial charge in [-0.2, -0.15) is 14.3 Å². The van der Waals surface area contributed by atoms with Crippen molar-refractivity contribution in [1.29, 1.82) is 0 Å². The van der Waals surface area contributed by atoms with Crippen molar-refractivity contribution >= 4 is 56.2 Å². The summed E-state index contributed by atoms with van der Waals surface area (Å²) in [5.74, 6) is 1.78. The first-order chi connectivity index (χ1) is 27.4. The fourth-order valence-electron chi connectivity index (χ4n) is 7.86. The zero-order valence-corrected chi connectivity index (χ0v) is 32.7. The third kappa shape index (κ3) is 6.94. The number of nitrogens with zero attached hydrogens (tertiary/aromatic N) is 11. The van der Waals surface area contributed by atoms with Gasteiger partial charge < -0.3 is 10.2 Å². The van der Waals surface area contributed by atoms with Crippen LogP contribution in [0.5, 0.6) is 0 Å². The summed E-state index contributed by atoms with van der Waals surface area (Å²) in [6, 6.07) is 9.46. The minimum absolute atomic E-state index is 0.102. The zero-order chi connectivity index (χ0) is 39.6. The fraction of sp³-hybridized carbons (Fsp3) is 0.421. The monoisotopic (exact) mass is 793 g/mol. The van der Waals surface area contributed by atoms with Gasteiger partial charge in [-0.15, -0.1) is 0 Å². The first-order valence-corrected chi connectivity index (χ1v) is 20.7. The topological polar surface area (TPSA) is 197 Å². The molecule has 4 aliphatic rings. The summed E-state index contributed by atoms with van der Waals surface area (Å²) in [6.07, 6.45) is 9.74. The van der Waals surface area contributed by atoms with Gasteiger partial charge in [-0.25, -0.2) is 38.2 Å². The summed E-state index contributed by atoms with van der Waals surface area (Å²) in [5.41, 5.74) is 4.00. The quantitative estimate of drug-likeness (QED) is 0.197. The largest absolute Gasteiger partial charge is 0.354 e. The Morgan fingerprint density at radius 1 is 0.965 bits per heavy atom. The summed E-state index contributed by atoms with van der Waals surface area (Å²) in [6.45, 7) is 7.05. The van der Waals surface area contributed by atoms with Crippen LogP contribution in [0.3, 0.4) is 0 Å². The van der Waals surface area contributed by atoms with Gasteiger partial charge in [0.2, 0.25) is 5.91 Å². The Balaban J connectivity index is 0.849. The van der Waals surface area contributed by atoms with Crippen molar-refractivity contribution in [2.45, 2.75) is 76.4 Å². The third-order valence-electron chi connectivity index (χ3n) is 11.1. The summed E-state index contributed by atoms with van der Waals surface area (Å²) < 4.78 is 28.3. The number of anilines is 3. The molecule has 0 spiro atoms. The van der Waals surface area contributed by atoms with Crippen LogP contribution >= 0.6 is 0 Å². The van der Waals surface area contributed by atoms with Crippen LogP contribution < -0.4 is 15.5 Å².